The highest BCUT2D eigenvalue weighted by Gasteiger charge is 2.03. The normalized spacial score (nSPS) is 11.2. The second-order valence-electron chi connectivity index (χ2n) is 4.47. The quantitative estimate of drug-likeness (QED) is 0.540. The summed E-state index contributed by atoms with van der Waals surface area (Å²) in [4.78, 5) is 4.46. The molecule has 6 heteroatoms. The van der Waals surface area contributed by atoms with E-state index < -0.39 is 0 Å². The Morgan fingerprint density at radius 1 is 1.32 bits per heavy atom. The molecule has 0 spiro atoms. The molecule has 4 nitrogen and oxygen atoms in total. The molecule has 112 valence electrons. The van der Waals surface area contributed by atoms with Gasteiger partial charge in [-0.3, -0.25) is 5.43 Å². The first-order valence-electron chi connectivity index (χ1n) is 6.83. The molecule has 3 aromatic rings. The third-order valence-corrected chi connectivity index (χ3v) is 4.11. The van der Waals surface area contributed by atoms with Crippen LogP contribution in [0.3, 0.4) is 0 Å². The minimum absolute atomic E-state index is 0.591. The van der Waals surface area contributed by atoms with E-state index in [0.29, 0.717) is 11.6 Å². The maximum absolute atomic E-state index is 6.02. The standard InChI is InChI=1S/C16H14ClN3OS/c1-2-21-14-8-7-12(17)9-11(14)10-18-20-16-19-13-5-3-4-6-15(13)22-16/h3-10H,2H2,1H3,(H,19,20)/b18-10-. The molecule has 0 unspecified atom stereocenters. The maximum Gasteiger partial charge on any atom is 0.204 e. The van der Waals surface area contributed by atoms with E-state index in [9.17, 15) is 0 Å². The van der Waals surface area contributed by atoms with Gasteiger partial charge >= 0.3 is 0 Å². The Balaban J connectivity index is 1.78. The van der Waals surface area contributed by atoms with Gasteiger partial charge in [0.2, 0.25) is 5.13 Å². The number of ether oxygens (including phenoxy) is 1. The largest absolute Gasteiger partial charge is 0.493 e. The third kappa shape index (κ3) is 3.37. The molecule has 0 aliphatic carbocycles. The lowest BCUT2D eigenvalue weighted by atomic mass is 10.2. The van der Waals surface area contributed by atoms with Crippen LogP contribution in [0.4, 0.5) is 5.13 Å². The third-order valence-electron chi connectivity index (χ3n) is 2.93. The van der Waals surface area contributed by atoms with Crippen LogP contribution in [0.1, 0.15) is 12.5 Å². The molecular formula is C16H14ClN3OS. The molecule has 2 aromatic carbocycles. The number of aromatic nitrogens is 1. The van der Waals surface area contributed by atoms with Crippen LogP contribution in [0, 0.1) is 0 Å². The van der Waals surface area contributed by atoms with Crippen molar-refractivity contribution in [3.63, 3.8) is 0 Å². The SMILES string of the molecule is CCOc1ccc(Cl)cc1/C=N\Nc1nc2ccccc2s1. The zero-order valence-electron chi connectivity index (χ0n) is 11.9. The molecule has 1 N–H and O–H groups in total. The van der Waals surface area contributed by atoms with E-state index in [0.717, 1.165) is 26.7 Å². The molecule has 0 saturated heterocycles. The van der Waals surface area contributed by atoms with Crippen molar-refractivity contribution in [2.24, 2.45) is 5.10 Å². The van der Waals surface area contributed by atoms with Gasteiger partial charge in [-0.15, -0.1) is 0 Å². The second kappa shape index (κ2) is 6.77. The van der Waals surface area contributed by atoms with Crippen LogP contribution in [0.5, 0.6) is 5.75 Å². The Morgan fingerprint density at radius 3 is 3.00 bits per heavy atom. The average Bonchev–Trinajstić information content (AvgIpc) is 2.92. The number of nitrogens with one attached hydrogen (secondary N) is 1. The van der Waals surface area contributed by atoms with Gasteiger partial charge in [-0.05, 0) is 37.3 Å². The van der Waals surface area contributed by atoms with Gasteiger partial charge in [0.1, 0.15) is 5.75 Å². The van der Waals surface area contributed by atoms with Crippen LogP contribution in [-0.2, 0) is 0 Å². The fourth-order valence-corrected chi connectivity index (χ4v) is 2.98. The molecule has 0 amide bonds. The summed E-state index contributed by atoms with van der Waals surface area (Å²) in [6.45, 7) is 2.53. The van der Waals surface area contributed by atoms with Crippen molar-refractivity contribution in [2.45, 2.75) is 6.92 Å². The van der Waals surface area contributed by atoms with Crippen molar-refractivity contribution < 1.29 is 4.74 Å². The summed E-state index contributed by atoms with van der Waals surface area (Å²) in [5, 5.41) is 5.62. The molecular weight excluding hydrogens is 318 g/mol. The minimum atomic E-state index is 0.591. The van der Waals surface area contributed by atoms with Crippen LogP contribution in [-0.4, -0.2) is 17.8 Å². The zero-order valence-corrected chi connectivity index (χ0v) is 13.5. The van der Waals surface area contributed by atoms with Crippen molar-refractivity contribution >= 4 is 44.5 Å². The van der Waals surface area contributed by atoms with E-state index in [4.69, 9.17) is 16.3 Å². The minimum Gasteiger partial charge on any atom is -0.493 e. The molecule has 1 heterocycles. The molecule has 0 fully saturated rings. The first-order valence-corrected chi connectivity index (χ1v) is 8.02. The Morgan fingerprint density at radius 2 is 2.18 bits per heavy atom. The van der Waals surface area contributed by atoms with Gasteiger partial charge < -0.3 is 4.74 Å². The number of anilines is 1. The highest BCUT2D eigenvalue weighted by atomic mass is 35.5. The summed E-state index contributed by atoms with van der Waals surface area (Å²) < 4.78 is 6.68. The molecule has 0 saturated carbocycles. The molecule has 1 aromatic heterocycles. The lowest BCUT2D eigenvalue weighted by molar-refractivity contribution is 0.340. The molecule has 3 rings (SSSR count). The predicted molar refractivity (Wildman–Crippen MR) is 93.5 cm³/mol. The topological polar surface area (TPSA) is 46.5 Å². The van der Waals surface area contributed by atoms with Gasteiger partial charge in [-0.1, -0.05) is 35.1 Å². The second-order valence-corrected chi connectivity index (χ2v) is 5.94. The van der Waals surface area contributed by atoms with E-state index in [1.54, 1.807) is 23.6 Å². The van der Waals surface area contributed by atoms with E-state index in [-0.39, 0.29) is 0 Å². The average molecular weight is 332 g/mol. The van der Waals surface area contributed by atoms with E-state index >= 15 is 0 Å². The first kappa shape index (κ1) is 14.8. The fraction of sp³-hybridized carbons (Fsp3) is 0.125. The molecule has 22 heavy (non-hydrogen) atoms. The number of para-hydroxylation sites is 1. The molecule has 0 atom stereocenters. The number of benzene rings is 2. The number of rotatable bonds is 5. The summed E-state index contributed by atoms with van der Waals surface area (Å²) in [6, 6.07) is 13.4. The van der Waals surface area contributed by atoms with Gasteiger partial charge in [-0.2, -0.15) is 5.10 Å². The molecule has 0 radical (unpaired) electrons. The number of fused-ring (bicyclic) bond motifs is 1. The Kier molecular flexibility index (Phi) is 4.56. The number of hydrogen-bond donors (Lipinski definition) is 1. The lowest BCUT2D eigenvalue weighted by Gasteiger charge is -2.06. The summed E-state index contributed by atoms with van der Waals surface area (Å²) in [7, 11) is 0. The van der Waals surface area contributed by atoms with Gasteiger partial charge in [0, 0.05) is 10.6 Å². The van der Waals surface area contributed by atoms with E-state index in [1.807, 2.05) is 43.3 Å². The van der Waals surface area contributed by atoms with Crippen LogP contribution in [0.2, 0.25) is 5.02 Å². The Labute approximate surface area is 137 Å². The maximum atomic E-state index is 6.02. The molecule has 0 bridgehead atoms. The monoisotopic (exact) mass is 331 g/mol. The summed E-state index contributed by atoms with van der Waals surface area (Å²) in [5.41, 5.74) is 4.73. The number of nitrogens with zero attached hydrogens (tertiary/aromatic N) is 2. The van der Waals surface area contributed by atoms with Crippen molar-refractivity contribution in [1.82, 2.24) is 4.98 Å². The number of hydrogen-bond acceptors (Lipinski definition) is 5. The first-order chi connectivity index (χ1) is 10.8. The smallest absolute Gasteiger partial charge is 0.204 e. The van der Waals surface area contributed by atoms with E-state index in [2.05, 4.69) is 15.5 Å². The Bertz CT molecular complexity index is 783. The van der Waals surface area contributed by atoms with Crippen molar-refractivity contribution in [2.75, 3.05) is 12.0 Å². The number of halogens is 1. The summed E-state index contributed by atoms with van der Waals surface area (Å²) in [5.74, 6) is 0.752. The van der Waals surface area contributed by atoms with Crippen LogP contribution in [0.15, 0.2) is 47.6 Å². The molecule has 0 aliphatic rings. The number of thiazole rings is 1. The zero-order chi connectivity index (χ0) is 15.4. The molecule has 0 aliphatic heterocycles. The van der Waals surface area contributed by atoms with Gasteiger partial charge in [-0.25, -0.2) is 4.98 Å². The Hall–Kier alpha value is -2.11. The number of hydrazone groups is 1. The van der Waals surface area contributed by atoms with Crippen LogP contribution >= 0.6 is 22.9 Å². The van der Waals surface area contributed by atoms with Crippen molar-refractivity contribution in [1.29, 1.82) is 0 Å². The van der Waals surface area contributed by atoms with Crippen LogP contribution in [0.25, 0.3) is 10.2 Å². The fourth-order valence-electron chi connectivity index (χ4n) is 1.98. The predicted octanol–water partition coefficient (Wildman–Crippen LogP) is 4.79. The summed E-state index contributed by atoms with van der Waals surface area (Å²) in [6.07, 6.45) is 1.68. The van der Waals surface area contributed by atoms with Gasteiger partial charge in [0.15, 0.2) is 0 Å². The van der Waals surface area contributed by atoms with Crippen molar-refractivity contribution in [3.05, 3.63) is 53.1 Å². The highest BCUT2D eigenvalue weighted by Crippen LogP contribution is 2.25. The summed E-state index contributed by atoms with van der Waals surface area (Å²) >= 11 is 7.58. The highest BCUT2D eigenvalue weighted by molar-refractivity contribution is 7.22. The van der Waals surface area contributed by atoms with Crippen LogP contribution < -0.4 is 10.2 Å². The lowest BCUT2D eigenvalue weighted by Crippen LogP contribution is -1.97. The van der Waals surface area contributed by atoms with Crippen molar-refractivity contribution in [3.8, 4) is 5.75 Å². The van der Waals surface area contributed by atoms with E-state index in [1.165, 1.54) is 0 Å². The van der Waals surface area contributed by atoms with Gasteiger partial charge in [0.25, 0.3) is 0 Å². The van der Waals surface area contributed by atoms with Gasteiger partial charge in [0.05, 0.1) is 23.0 Å².